The number of phenolic OH excluding ortho intramolecular Hbond substituents is 2. The molecule has 3 atom stereocenters. The summed E-state index contributed by atoms with van der Waals surface area (Å²) in [5, 5.41) is 32.7. The largest absolute Gasteiger partial charge is 0.508 e. The van der Waals surface area contributed by atoms with E-state index >= 15 is 0 Å². The van der Waals surface area contributed by atoms with Crippen LogP contribution in [0.1, 0.15) is 61.4 Å². The van der Waals surface area contributed by atoms with Crippen molar-refractivity contribution in [2.24, 2.45) is 0 Å². The van der Waals surface area contributed by atoms with Gasteiger partial charge < -0.3 is 24.8 Å². The number of hydrogen-bond acceptors (Lipinski definition) is 10. The molecular formula is C34H23NO10. The molecule has 0 radical (unpaired) electrons. The van der Waals surface area contributed by atoms with E-state index in [1.54, 1.807) is 13.8 Å². The molecule has 2 bridgehead atoms. The molecule has 3 aliphatic rings. The number of Topliss-reactive ketones (excluding diaryl/α,β-unsaturated/α-hetero) is 1. The maximum atomic E-state index is 14.9. The summed E-state index contributed by atoms with van der Waals surface area (Å²) in [6.07, 6.45) is 0.0651. The van der Waals surface area contributed by atoms with Crippen LogP contribution in [-0.2, 0) is 19.7 Å². The first kappa shape index (κ1) is 26.9. The molecule has 5 aromatic rings. The number of carbonyl (C=O) groups excluding carboxylic acids is 3. The molecule has 2 heterocycles. The lowest BCUT2D eigenvalue weighted by atomic mass is 9.63. The molecule has 0 unspecified atom stereocenters. The number of ether oxygens (including phenoxy) is 2. The third-order valence-electron chi connectivity index (χ3n) is 9.56. The minimum atomic E-state index is -1.66. The number of ketones is 1. The third-order valence-corrected chi connectivity index (χ3v) is 9.56. The SMILES string of the molecule is CC(=O)O[C@H]1[C@@H]2C(=O)c3c(C)cc(O)c4c3[C@@]1(COC4=O)c1c2c2c(C)cc(=O)c3c(O)n(-c4ccc(O)cc4)cc(c1=O)c23. The number of phenols is 2. The lowest BCUT2D eigenvalue weighted by Gasteiger charge is -2.44. The summed E-state index contributed by atoms with van der Waals surface area (Å²) in [6.45, 7) is 3.98. The van der Waals surface area contributed by atoms with E-state index in [2.05, 4.69) is 0 Å². The highest BCUT2D eigenvalue weighted by atomic mass is 16.6. The zero-order chi connectivity index (χ0) is 31.9. The van der Waals surface area contributed by atoms with Crippen molar-refractivity contribution < 1.29 is 39.2 Å². The number of nitrogens with zero attached hydrogens (tertiary/aromatic N) is 1. The van der Waals surface area contributed by atoms with Crippen LogP contribution in [0.5, 0.6) is 17.4 Å². The number of hydrogen-bond donors (Lipinski definition) is 3. The Morgan fingerprint density at radius 3 is 2.33 bits per heavy atom. The zero-order valence-electron chi connectivity index (χ0n) is 24.0. The summed E-state index contributed by atoms with van der Waals surface area (Å²) in [4.78, 5) is 68.7. The van der Waals surface area contributed by atoms with Crippen LogP contribution in [0.4, 0.5) is 0 Å². The second-order valence-corrected chi connectivity index (χ2v) is 11.9. The van der Waals surface area contributed by atoms with Crippen LogP contribution in [0.2, 0.25) is 0 Å². The maximum Gasteiger partial charge on any atom is 0.342 e. The lowest BCUT2D eigenvalue weighted by Crippen LogP contribution is -2.55. The first-order valence-electron chi connectivity index (χ1n) is 14.1. The van der Waals surface area contributed by atoms with Crippen molar-refractivity contribution in [1.82, 2.24) is 4.57 Å². The minimum Gasteiger partial charge on any atom is -0.508 e. The Labute approximate surface area is 252 Å². The van der Waals surface area contributed by atoms with Gasteiger partial charge in [0.1, 0.15) is 29.8 Å². The number of pyridine rings is 1. The molecular weight excluding hydrogens is 582 g/mol. The Hall–Kier alpha value is -5.71. The summed E-state index contributed by atoms with van der Waals surface area (Å²) in [5.41, 5.74) is -1.49. The third kappa shape index (κ3) is 3.06. The van der Waals surface area contributed by atoms with Gasteiger partial charge in [0, 0.05) is 40.7 Å². The maximum absolute atomic E-state index is 14.9. The molecule has 3 N–H and O–H groups in total. The van der Waals surface area contributed by atoms with Gasteiger partial charge in [0.2, 0.25) is 5.88 Å². The second kappa shape index (κ2) is 8.47. The van der Waals surface area contributed by atoms with Gasteiger partial charge in [0.25, 0.3) is 0 Å². The highest BCUT2D eigenvalue weighted by Gasteiger charge is 2.67. The van der Waals surface area contributed by atoms with Crippen molar-refractivity contribution in [3.8, 4) is 23.1 Å². The molecule has 1 aromatic heterocycles. The van der Waals surface area contributed by atoms with Crippen molar-refractivity contribution in [1.29, 1.82) is 0 Å². The van der Waals surface area contributed by atoms with Gasteiger partial charge in [-0.1, -0.05) is 0 Å². The average Bonchev–Trinajstić information content (AvgIpc) is 3.18. The van der Waals surface area contributed by atoms with Crippen LogP contribution >= 0.6 is 0 Å². The van der Waals surface area contributed by atoms with E-state index in [9.17, 15) is 39.3 Å². The number of rotatable bonds is 2. The monoisotopic (exact) mass is 605 g/mol. The zero-order valence-corrected chi connectivity index (χ0v) is 24.0. The van der Waals surface area contributed by atoms with Gasteiger partial charge in [-0.2, -0.15) is 0 Å². The summed E-state index contributed by atoms with van der Waals surface area (Å²) in [5.74, 6) is -4.28. The normalized spacial score (nSPS) is 21.1. The Morgan fingerprint density at radius 2 is 1.64 bits per heavy atom. The first-order chi connectivity index (χ1) is 21.4. The fourth-order valence-electron chi connectivity index (χ4n) is 7.98. The summed E-state index contributed by atoms with van der Waals surface area (Å²) < 4.78 is 12.7. The van der Waals surface area contributed by atoms with E-state index in [1.807, 2.05) is 0 Å². The van der Waals surface area contributed by atoms with Crippen molar-refractivity contribution in [3.63, 3.8) is 0 Å². The van der Waals surface area contributed by atoms with Crippen LogP contribution in [-0.4, -0.2) is 50.3 Å². The molecule has 2 aliphatic carbocycles. The number of aromatic nitrogens is 1. The Kier molecular flexibility index (Phi) is 5.06. The summed E-state index contributed by atoms with van der Waals surface area (Å²) in [7, 11) is 0. The smallest absolute Gasteiger partial charge is 0.342 e. The van der Waals surface area contributed by atoms with Crippen LogP contribution < -0.4 is 10.9 Å². The van der Waals surface area contributed by atoms with E-state index in [-0.39, 0.29) is 49.7 Å². The number of cyclic esters (lactones) is 1. The molecule has 1 aliphatic heterocycles. The molecule has 0 fully saturated rings. The van der Waals surface area contributed by atoms with Gasteiger partial charge in [0.05, 0.1) is 16.7 Å². The Bertz CT molecular complexity index is 2370. The summed E-state index contributed by atoms with van der Waals surface area (Å²) >= 11 is 0. The molecule has 1 spiro atoms. The first-order valence-corrected chi connectivity index (χ1v) is 14.1. The highest BCUT2D eigenvalue weighted by Crippen LogP contribution is 2.61. The van der Waals surface area contributed by atoms with Crippen molar-refractivity contribution >= 4 is 39.3 Å². The molecule has 45 heavy (non-hydrogen) atoms. The van der Waals surface area contributed by atoms with Crippen molar-refractivity contribution in [3.05, 3.63) is 102 Å². The van der Waals surface area contributed by atoms with E-state index < -0.39 is 64.3 Å². The van der Waals surface area contributed by atoms with E-state index in [1.165, 1.54) is 54.1 Å². The topological polar surface area (TPSA) is 169 Å². The second-order valence-electron chi connectivity index (χ2n) is 11.9. The number of benzene rings is 4. The van der Waals surface area contributed by atoms with Gasteiger partial charge >= 0.3 is 11.9 Å². The fourth-order valence-corrected chi connectivity index (χ4v) is 7.98. The predicted molar refractivity (Wildman–Crippen MR) is 159 cm³/mol. The fraction of sp³-hybridized carbons (Fsp3) is 0.206. The molecule has 11 heteroatoms. The molecule has 4 aromatic carbocycles. The Balaban J connectivity index is 1.63. The summed E-state index contributed by atoms with van der Waals surface area (Å²) in [6, 6.07) is 8.37. The highest BCUT2D eigenvalue weighted by molar-refractivity contribution is 6.19. The molecule has 0 amide bonds. The average molecular weight is 606 g/mol. The molecule has 0 saturated heterocycles. The van der Waals surface area contributed by atoms with Crippen LogP contribution in [0.25, 0.3) is 27.2 Å². The van der Waals surface area contributed by atoms with E-state index in [0.29, 0.717) is 22.2 Å². The van der Waals surface area contributed by atoms with Crippen molar-refractivity contribution in [2.45, 2.75) is 38.2 Å². The molecule has 224 valence electrons. The quantitative estimate of drug-likeness (QED) is 0.254. The molecule has 11 nitrogen and oxygen atoms in total. The number of esters is 2. The van der Waals surface area contributed by atoms with Gasteiger partial charge in [-0.3, -0.25) is 23.7 Å². The number of aryl methyl sites for hydroxylation is 2. The lowest BCUT2D eigenvalue weighted by molar-refractivity contribution is -0.150. The van der Waals surface area contributed by atoms with Crippen molar-refractivity contribution in [2.75, 3.05) is 6.61 Å². The number of fused-ring (bicyclic) bond motifs is 4. The molecule has 8 rings (SSSR count). The minimum absolute atomic E-state index is 0.0262. The standard InChI is InChI=1S/C34H23NO10/c1-12-8-18(38)23-22-17(10-35(32(23)42)15-4-6-16(37)7-5-15)29(40)28-25(20(12)22)26-30(41)21-13(2)9-19(39)24-27(21)34(28,11-44-33(24)43)31(26)45-14(3)36/h4-10,26,31,37,39,42H,11H2,1-3H3/t26-,31-,34-/m0/s1. The van der Waals surface area contributed by atoms with Crippen LogP contribution in [0.15, 0.2) is 52.2 Å². The van der Waals surface area contributed by atoms with Crippen LogP contribution in [0.3, 0.4) is 0 Å². The van der Waals surface area contributed by atoms with Gasteiger partial charge in [-0.15, -0.1) is 0 Å². The number of carbonyl (C=O) groups is 3. The predicted octanol–water partition coefficient (Wildman–Crippen LogP) is 3.36. The van der Waals surface area contributed by atoms with E-state index in [4.69, 9.17) is 9.47 Å². The van der Waals surface area contributed by atoms with Crippen LogP contribution in [0, 0.1) is 13.8 Å². The van der Waals surface area contributed by atoms with Gasteiger partial charge in [0.15, 0.2) is 16.6 Å². The van der Waals surface area contributed by atoms with Gasteiger partial charge in [-0.25, -0.2) is 4.79 Å². The van der Waals surface area contributed by atoms with E-state index in [0.717, 1.165) is 0 Å². The Morgan fingerprint density at radius 1 is 0.933 bits per heavy atom. The molecule has 0 saturated carbocycles. The number of aromatic hydroxyl groups is 3. The van der Waals surface area contributed by atoms with Gasteiger partial charge in [-0.05, 0) is 77.9 Å².